The molecule has 0 aromatic carbocycles. The van der Waals surface area contributed by atoms with Gasteiger partial charge in [0.25, 0.3) is 0 Å². The average Bonchev–Trinajstić information content (AvgIpc) is 1.77. The van der Waals surface area contributed by atoms with Gasteiger partial charge in [-0.15, -0.1) is 0 Å². The highest BCUT2D eigenvalue weighted by atomic mass is 14.7. The van der Waals surface area contributed by atoms with E-state index in [2.05, 4.69) is 6.92 Å². The first-order valence-electron chi connectivity index (χ1n) is 5.54. The maximum absolute atomic E-state index is 6.06. The van der Waals surface area contributed by atoms with E-state index >= 15 is 0 Å². The third-order valence-electron chi connectivity index (χ3n) is 4.00. The molecule has 2 N–H and O–H groups in total. The Morgan fingerprint density at radius 1 is 1.00 bits per heavy atom. The zero-order chi connectivity index (χ0) is 8.55. The fraction of sp³-hybridized carbons (Fsp3) is 1.00. The van der Waals surface area contributed by atoms with Gasteiger partial charge in [-0.05, 0) is 24.7 Å². The summed E-state index contributed by atoms with van der Waals surface area (Å²) in [6, 6.07) is 0.445. The van der Waals surface area contributed by atoms with Crippen LogP contribution >= 0.6 is 0 Å². The van der Waals surface area contributed by atoms with Gasteiger partial charge in [-0.25, -0.2) is 0 Å². The van der Waals surface area contributed by atoms with E-state index in [0.29, 0.717) is 6.04 Å². The monoisotopic (exact) mass is 167 g/mol. The summed E-state index contributed by atoms with van der Waals surface area (Å²) < 4.78 is 0. The second-order valence-corrected chi connectivity index (χ2v) is 4.82. The van der Waals surface area contributed by atoms with E-state index in [0.717, 1.165) is 17.8 Å². The Morgan fingerprint density at radius 3 is 1.58 bits per heavy atom. The van der Waals surface area contributed by atoms with Gasteiger partial charge in [-0.2, -0.15) is 0 Å². The molecule has 0 unspecified atom stereocenters. The van der Waals surface area contributed by atoms with E-state index in [1.165, 1.54) is 38.5 Å². The van der Waals surface area contributed by atoms with Crippen molar-refractivity contribution in [3.05, 3.63) is 0 Å². The van der Waals surface area contributed by atoms with Crippen LogP contribution in [0.5, 0.6) is 0 Å². The Bertz CT molecular complexity index is 131. The topological polar surface area (TPSA) is 26.0 Å². The molecule has 2 aliphatic carbocycles. The highest BCUT2D eigenvalue weighted by molar-refractivity contribution is 4.90. The van der Waals surface area contributed by atoms with Crippen molar-refractivity contribution in [2.45, 2.75) is 51.5 Å². The largest absolute Gasteiger partial charge is 0.328 e. The van der Waals surface area contributed by atoms with Crippen molar-refractivity contribution in [1.29, 1.82) is 0 Å². The lowest BCUT2D eigenvalue weighted by Crippen LogP contribution is -2.42. The zero-order valence-corrected chi connectivity index (χ0v) is 8.13. The Morgan fingerprint density at radius 2 is 1.42 bits per heavy atom. The molecule has 1 nitrogen and oxygen atoms in total. The first-order chi connectivity index (χ1) is 5.79. The van der Waals surface area contributed by atoms with Crippen molar-refractivity contribution in [3.63, 3.8) is 0 Å². The lowest BCUT2D eigenvalue weighted by atomic mass is 9.62. The highest BCUT2D eigenvalue weighted by Gasteiger charge is 2.37. The van der Waals surface area contributed by atoms with Gasteiger partial charge in [-0.3, -0.25) is 0 Å². The van der Waals surface area contributed by atoms with Gasteiger partial charge in [0, 0.05) is 6.04 Å². The van der Waals surface area contributed by atoms with Crippen LogP contribution in [0.2, 0.25) is 0 Å². The molecule has 1 atom stereocenters. The molecule has 0 radical (unpaired) electrons. The summed E-state index contributed by atoms with van der Waals surface area (Å²) in [5.41, 5.74) is 6.06. The molecule has 2 fully saturated rings. The lowest BCUT2D eigenvalue weighted by molar-refractivity contribution is 0.0762. The van der Waals surface area contributed by atoms with E-state index in [1.807, 2.05) is 0 Å². The van der Waals surface area contributed by atoms with Crippen LogP contribution < -0.4 is 5.73 Å². The number of hydrogen-bond acceptors (Lipinski definition) is 1. The quantitative estimate of drug-likeness (QED) is 0.687. The maximum Gasteiger partial charge on any atom is 0.00440 e. The Kier molecular flexibility index (Phi) is 2.40. The van der Waals surface area contributed by atoms with Crippen molar-refractivity contribution in [3.8, 4) is 0 Å². The fourth-order valence-corrected chi connectivity index (χ4v) is 2.89. The molecule has 0 spiro atoms. The molecule has 0 heterocycles. The number of nitrogens with two attached hydrogens (primary N) is 1. The summed E-state index contributed by atoms with van der Waals surface area (Å²) in [6.45, 7) is 2.21. The van der Waals surface area contributed by atoms with Crippen molar-refractivity contribution in [2.24, 2.45) is 23.5 Å². The Hall–Kier alpha value is -0.0400. The van der Waals surface area contributed by atoms with Crippen LogP contribution in [-0.2, 0) is 0 Å². The summed E-state index contributed by atoms with van der Waals surface area (Å²) in [5, 5.41) is 0. The van der Waals surface area contributed by atoms with E-state index < -0.39 is 0 Å². The van der Waals surface area contributed by atoms with Crippen molar-refractivity contribution in [2.75, 3.05) is 0 Å². The molecule has 2 aliphatic rings. The molecule has 12 heavy (non-hydrogen) atoms. The summed E-state index contributed by atoms with van der Waals surface area (Å²) in [6.07, 6.45) is 8.76. The molecule has 1 heteroatoms. The molecular weight excluding hydrogens is 146 g/mol. The summed E-state index contributed by atoms with van der Waals surface area (Å²) in [7, 11) is 0. The van der Waals surface area contributed by atoms with Crippen LogP contribution in [0.15, 0.2) is 0 Å². The van der Waals surface area contributed by atoms with Crippen LogP contribution in [0.3, 0.4) is 0 Å². The molecule has 2 saturated carbocycles. The maximum atomic E-state index is 6.06. The smallest absolute Gasteiger partial charge is 0.00440 e. The second kappa shape index (κ2) is 3.37. The minimum atomic E-state index is 0.445. The van der Waals surface area contributed by atoms with Crippen LogP contribution in [0.25, 0.3) is 0 Å². The van der Waals surface area contributed by atoms with Crippen molar-refractivity contribution < 1.29 is 0 Å². The van der Waals surface area contributed by atoms with Gasteiger partial charge >= 0.3 is 0 Å². The van der Waals surface area contributed by atoms with Crippen LogP contribution in [0.1, 0.15) is 45.4 Å². The van der Waals surface area contributed by atoms with Crippen LogP contribution in [0.4, 0.5) is 0 Å². The van der Waals surface area contributed by atoms with Gasteiger partial charge in [0.1, 0.15) is 0 Å². The summed E-state index contributed by atoms with van der Waals surface area (Å²) >= 11 is 0. The van der Waals surface area contributed by atoms with E-state index in [4.69, 9.17) is 5.73 Å². The molecule has 0 aliphatic heterocycles. The van der Waals surface area contributed by atoms with Gasteiger partial charge in [-0.1, -0.05) is 38.5 Å². The molecule has 2 rings (SSSR count). The summed E-state index contributed by atoms with van der Waals surface area (Å²) in [4.78, 5) is 0. The first kappa shape index (κ1) is 8.55. The SMILES string of the molecule is C[C@H](N)C(C1CCC1)C1CCC1. The Balaban J connectivity index is 1.91. The summed E-state index contributed by atoms with van der Waals surface area (Å²) in [5.74, 6) is 2.86. The van der Waals surface area contributed by atoms with Gasteiger partial charge in [0.2, 0.25) is 0 Å². The molecule has 70 valence electrons. The van der Waals surface area contributed by atoms with Crippen molar-refractivity contribution >= 4 is 0 Å². The van der Waals surface area contributed by atoms with Crippen molar-refractivity contribution in [1.82, 2.24) is 0 Å². The normalized spacial score (nSPS) is 28.2. The third-order valence-corrected chi connectivity index (χ3v) is 4.00. The molecule has 0 bridgehead atoms. The fourth-order valence-electron chi connectivity index (χ4n) is 2.89. The van der Waals surface area contributed by atoms with E-state index in [9.17, 15) is 0 Å². The highest BCUT2D eigenvalue weighted by Crippen LogP contribution is 2.45. The van der Waals surface area contributed by atoms with Crippen LogP contribution in [-0.4, -0.2) is 6.04 Å². The number of hydrogen-bond donors (Lipinski definition) is 1. The molecule has 0 amide bonds. The second-order valence-electron chi connectivity index (χ2n) is 4.82. The molecule has 0 saturated heterocycles. The third kappa shape index (κ3) is 1.39. The Labute approximate surface area is 75.7 Å². The number of rotatable bonds is 3. The minimum absolute atomic E-state index is 0.445. The van der Waals surface area contributed by atoms with Gasteiger partial charge < -0.3 is 5.73 Å². The predicted octanol–water partition coefficient (Wildman–Crippen LogP) is 2.55. The van der Waals surface area contributed by atoms with Gasteiger partial charge in [0.05, 0.1) is 0 Å². The predicted molar refractivity (Wildman–Crippen MR) is 51.8 cm³/mol. The van der Waals surface area contributed by atoms with Crippen LogP contribution in [0, 0.1) is 17.8 Å². The average molecular weight is 167 g/mol. The standard InChI is InChI=1S/C11H21N/c1-8(12)11(9-4-2-5-9)10-6-3-7-10/h8-11H,2-7,12H2,1H3/t8-/m0/s1. The van der Waals surface area contributed by atoms with E-state index in [1.54, 1.807) is 0 Å². The lowest BCUT2D eigenvalue weighted by Gasteiger charge is -2.44. The first-order valence-corrected chi connectivity index (χ1v) is 5.54. The van der Waals surface area contributed by atoms with E-state index in [-0.39, 0.29) is 0 Å². The molecule has 0 aromatic rings. The minimum Gasteiger partial charge on any atom is -0.328 e. The zero-order valence-electron chi connectivity index (χ0n) is 8.13. The molecule has 0 aromatic heterocycles. The molecular formula is C11H21N. The van der Waals surface area contributed by atoms with Gasteiger partial charge in [0.15, 0.2) is 0 Å².